The lowest BCUT2D eigenvalue weighted by atomic mass is 10.4. The van der Waals surface area contributed by atoms with Crippen LogP contribution in [-0.2, 0) is 9.59 Å². The number of rotatable bonds is 4. The van der Waals surface area contributed by atoms with E-state index in [0.717, 1.165) is 23.4 Å². The minimum atomic E-state index is -1.26. The molecule has 7 heteroatoms. The molecule has 1 aliphatic rings. The molecule has 0 radical (unpaired) electrons. The van der Waals surface area contributed by atoms with Gasteiger partial charge in [-0.25, -0.2) is 9.59 Å². The topological polar surface area (TPSA) is 86.6 Å². The Morgan fingerprint density at radius 3 is 2.19 bits per heavy atom. The Balaban J connectivity index is 0.000000240. The van der Waals surface area contributed by atoms with E-state index in [1.165, 1.54) is 11.3 Å². The molecule has 1 fully saturated rings. The standard InChI is InChI=1S/C10H12ClNS.C4H4O4/c11-8-1-3-9(4-2-8)13-10-5-6-12-7-10;5-3(6)1-2-4(7)8/h1-4,10,12H,5-7H2;1-2H,(H,5,6)(H,7,8)/b;2-1-. The Morgan fingerprint density at radius 2 is 1.76 bits per heavy atom. The zero-order valence-electron chi connectivity index (χ0n) is 11.2. The molecule has 1 unspecified atom stereocenters. The normalized spacial score (nSPS) is 17.3. The number of carbonyl (C=O) groups is 2. The first-order valence-electron chi connectivity index (χ1n) is 6.24. The third-order valence-corrected chi connectivity index (χ3v) is 4.03. The van der Waals surface area contributed by atoms with Crippen molar-refractivity contribution in [2.45, 2.75) is 16.6 Å². The van der Waals surface area contributed by atoms with Crippen LogP contribution in [0.2, 0.25) is 5.02 Å². The van der Waals surface area contributed by atoms with Crippen LogP contribution in [0.4, 0.5) is 0 Å². The number of hydrogen-bond donors (Lipinski definition) is 3. The van der Waals surface area contributed by atoms with Crippen molar-refractivity contribution < 1.29 is 19.8 Å². The molecule has 0 aromatic heterocycles. The Kier molecular flexibility index (Phi) is 7.89. The summed E-state index contributed by atoms with van der Waals surface area (Å²) in [5.74, 6) is -2.51. The third kappa shape index (κ3) is 8.39. The lowest BCUT2D eigenvalue weighted by molar-refractivity contribution is -0.134. The van der Waals surface area contributed by atoms with E-state index in [9.17, 15) is 9.59 Å². The Morgan fingerprint density at radius 1 is 1.19 bits per heavy atom. The van der Waals surface area contributed by atoms with Gasteiger partial charge in [-0.1, -0.05) is 11.6 Å². The van der Waals surface area contributed by atoms with Gasteiger partial charge in [0, 0.05) is 33.9 Å². The maximum Gasteiger partial charge on any atom is 0.328 e. The number of halogens is 1. The molecule has 21 heavy (non-hydrogen) atoms. The number of hydrogen-bond acceptors (Lipinski definition) is 4. The predicted octanol–water partition coefficient (Wildman–Crippen LogP) is 2.51. The van der Waals surface area contributed by atoms with Gasteiger partial charge in [0.05, 0.1) is 0 Å². The molecule has 3 N–H and O–H groups in total. The molecule has 2 rings (SSSR count). The first-order chi connectivity index (χ1) is 9.97. The number of benzene rings is 1. The van der Waals surface area contributed by atoms with E-state index in [2.05, 4.69) is 17.4 Å². The van der Waals surface area contributed by atoms with Gasteiger partial charge in [-0.05, 0) is 37.2 Å². The van der Waals surface area contributed by atoms with Crippen molar-refractivity contribution in [1.29, 1.82) is 0 Å². The van der Waals surface area contributed by atoms with Crippen molar-refractivity contribution in [3.63, 3.8) is 0 Å². The van der Waals surface area contributed by atoms with Crippen molar-refractivity contribution in [3.8, 4) is 0 Å². The van der Waals surface area contributed by atoms with E-state index >= 15 is 0 Å². The van der Waals surface area contributed by atoms with Gasteiger partial charge in [-0.15, -0.1) is 11.8 Å². The lowest BCUT2D eigenvalue weighted by Crippen LogP contribution is -2.09. The second kappa shape index (κ2) is 9.44. The largest absolute Gasteiger partial charge is 0.478 e. The quantitative estimate of drug-likeness (QED) is 0.736. The molecule has 1 aliphatic heterocycles. The van der Waals surface area contributed by atoms with E-state index < -0.39 is 11.9 Å². The smallest absolute Gasteiger partial charge is 0.328 e. The highest BCUT2D eigenvalue weighted by atomic mass is 35.5. The average molecular weight is 330 g/mol. The summed E-state index contributed by atoms with van der Waals surface area (Å²) >= 11 is 7.75. The van der Waals surface area contributed by atoms with Crippen LogP contribution in [0.5, 0.6) is 0 Å². The van der Waals surface area contributed by atoms with Crippen LogP contribution in [0.1, 0.15) is 6.42 Å². The molecule has 0 saturated carbocycles. The van der Waals surface area contributed by atoms with Crippen LogP contribution >= 0.6 is 23.4 Å². The first kappa shape index (κ1) is 17.6. The molecule has 1 saturated heterocycles. The van der Waals surface area contributed by atoms with Crippen molar-refractivity contribution >= 4 is 35.3 Å². The van der Waals surface area contributed by atoms with E-state index in [0.29, 0.717) is 12.2 Å². The molecule has 114 valence electrons. The molecule has 0 spiro atoms. The van der Waals surface area contributed by atoms with Gasteiger partial charge < -0.3 is 15.5 Å². The minimum Gasteiger partial charge on any atom is -0.478 e. The van der Waals surface area contributed by atoms with E-state index in [4.69, 9.17) is 21.8 Å². The summed E-state index contributed by atoms with van der Waals surface area (Å²) < 4.78 is 0. The maximum atomic E-state index is 9.55. The first-order valence-corrected chi connectivity index (χ1v) is 7.50. The fraction of sp³-hybridized carbons (Fsp3) is 0.286. The van der Waals surface area contributed by atoms with Gasteiger partial charge in [0.1, 0.15) is 0 Å². The van der Waals surface area contributed by atoms with Crippen molar-refractivity contribution in [2.75, 3.05) is 13.1 Å². The Hall–Kier alpha value is -1.50. The summed E-state index contributed by atoms with van der Waals surface area (Å²) in [5, 5.41) is 20.5. The third-order valence-electron chi connectivity index (χ3n) is 2.50. The number of aliphatic carboxylic acids is 2. The summed E-state index contributed by atoms with van der Waals surface area (Å²) in [6, 6.07) is 8.08. The van der Waals surface area contributed by atoms with Crippen LogP contribution in [0.3, 0.4) is 0 Å². The summed E-state index contributed by atoms with van der Waals surface area (Å²) in [4.78, 5) is 20.4. The number of carboxylic acids is 2. The number of thioether (sulfide) groups is 1. The highest BCUT2D eigenvalue weighted by molar-refractivity contribution is 8.00. The minimum absolute atomic E-state index is 0.558. The highest BCUT2D eigenvalue weighted by Gasteiger charge is 2.14. The molecular weight excluding hydrogens is 314 g/mol. The molecule has 5 nitrogen and oxygen atoms in total. The molecule has 1 aromatic carbocycles. The van der Waals surface area contributed by atoms with Crippen LogP contribution in [-0.4, -0.2) is 40.5 Å². The second-order valence-electron chi connectivity index (χ2n) is 4.20. The monoisotopic (exact) mass is 329 g/mol. The summed E-state index contributed by atoms with van der Waals surface area (Å²) in [7, 11) is 0. The summed E-state index contributed by atoms with van der Waals surface area (Å²) in [5.41, 5.74) is 0. The molecule has 0 aliphatic carbocycles. The number of nitrogens with one attached hydrogen (secondary N) is 1. The van der Waals surface area contributed by atoms with Crippen LogP contribution in [0.15, 0.2) is 41.3 Å². The van der Waals surface area contributed by atoms with Crippen LogP contribution in [0, 0.1) is 0 Å². The van der Waals surface area contributed by atoms with Gasteiger partial charge >= 0.3 is 11.9 Å². The fourth-order valence-corrected chi connectivity index (χ4v) is 2.82. The maximum absolute atomic E-state index is 9.55. The van der Waals surface area contributed by atoms with E-state index in [1.54, 1.807) is 0 Å². The molecule has 1 atom stereocenters. The molecule has 1 aromatic rings. The average Bonchev–Trinajstić information content (AvgIpc) is 2.93. The zero-order chi connectivity index (χ0) is 15.7. The van der Waals surface area contributed by atoms with Gasteiger partial charge in [0.2, 0.25) is 0 Å². The van der Waals surface area contributed by atoms with Crippen LogP contribution in [0.25, 0.3) is 0 Å². The fourth-order valence-electron chi connectivity index (χ4n) is 1.58. The van der Waals surface area contributed by atoms with Crippen molar-refractivity contribution in [3.05, 3.63) is 41.4 Å². The number of carboxylic acid groups (broad SMARTS) is 2. The van der Waals surface area contributed by atoms with E-state index in [1.807, 2.05) is 23.9 Å². The van der Waals surface area contributed by atoms with Crippen molar-refractivity contribution in [1.82, 2.24) is 5.32 Å². The van der Waals surface area contributed by atoms with Gasteiger partial charge in [0.15, 0.2) is 0 Å². The lowest BCUT2D eigenvalue weighted by Gasteiger charge is -2.07. The van der Waals surface area contributed by atoms with Gasteiger partial charge in [-0.2, -0.15) is 0 Å². The molecule has 0 amide bonds. The molecule has 1 heterocycles. The second-order valence-corrected chi connectivity index (χ2v) is 6.01. The SMILES string of the molecule is Clc1ccc(SC2CCNC2)cc1.O=C(O)/C=C\C(=O)O. The summed E-state index contributed by atoms with van der Waals surface area (Å²) in [6.45, 7) is 2.29. The molecule has 0 bridgehead atoms. The highest BCUT2D eigenvalue weighted by Crippen LogP contribution is 2.27. The van der Waals surface area contributed by atoms with Crippen molar-refractivity contribution in [2.24, 2.45) is 0 Å². The van der Waals surface area contributed by atoms with Crippen LogP contribution < -0.4 is 5.32 Å². The molecular formula is C14H16ClNO4S. The van der Waals surface area contributed by atoms with E-state index in [-0.39, 0.29) is 0 Å². The predicted molar refractivity (Wildman–Crippen MR) is 83.0 cm³/mol. The van der Waals surface area contributed by atoms with Gasteiger partial charge in [0.25, 0.3) is 0 Å². The van der Waals surface area contributed by atoms with Gasteiger partial charge in [-0.3, -0.25) is 0 Å². The zero-order valence-corrected chi connectivity index (χ0v) is 12.7. The Labute approximate surface area is 132 Å². The summed E-state index contributed by atoms with van der Waals surface area (Å²) in [6.07, 6.45) is 2.39. The Bertz CT molecular complexity index is 482.